The van der Waals surface area contributed by atoms with Crippen LogP contribution in [-0.4, -0.2) is 50.0 Å². The summed E-state index contributed by atoms with van der Waals surface area (Å²) in [7, 11) is -3.06. The van der Waals surface area contributed by atoms with Gasteiger partial charge in [-0.2, -0.15) is 0 Å². The Kier molecular flexibility index (Phi) is 14.5. The SMILES string of the molecule is CN(CCO[Si](c1ccccc1)(c1ccccc1)C(C)(C)C)c1ccc(C=Cc2cccs2)c(OCCCCO[Si](c2ccccc2)(c2ccccc2)C(C)(C)C)c1. The summed E-state index contributed by atoms with van der Waals surface area (Å²) < 4.78 is 21.1. The van der Waals surface area contributed by atoms with E-state index in [1.54, 1.807) is 11.3 Å². The molecule has 7 heteroatoms. The third kappa shape index (κ3) is 9.84. The number of thiophene rings is 1. The molecule has 0 radical (unpaired) electrons. The van der Waals surface area contributed by atoms with Gasteiger partial charge in [-0.25, -0.2) is 0 Å². The summed E-state index contributed by atoms with van der Waals surface area (Å²) in [4.78, 5) is 3.50. The third-order valence-electron chi connectivity index (χ3n) is 11.1. The van der Waals surface area contributed by atoms with Crippen molar-refractivity contribution < 1.29 is 13.6 Å². The van der Waals surface area contributed by atoms with Crippen LogP contribution in [0.15, 0.2) is 157 Å². The van der Waals surface area contributed by atoms with E-state index in [4.69, 9.17) is 13.6 Å². The van der Waals surface area contributed by atoms with Gasteiger partial charge in [0.15, 0.2) is 0 Å². The van der Waals surface area contributed by atoms with Gasteiger partial charge in [0.05, 0.1) is 13.2 Å². The smallest absolute Gasteiger partial charge is 0.261 e. The molecule has 5 aromatic carbocycles. The van der Waals surface area contributed by atoms with Gasteiger partial charge >= 0.3 is 0 Å². The first-order chi connectivity index (χ1) is 28.0. The Labute approximate surface area is 354 Å². The van der Waals surface area contributed by atoms with Gasteiger partial charge < -0.3 is 18.5 Å². The molecule has 0 saturated carbocycles. The lowest BCUT2D eigenvalue weighted by Crippen LogP contribution is -2.67. The molecule has 1 aromatic heterocycles. The first-order valence-electron chi connectivity index (χ1n) is 20.7. The minimum Gasteiger partial charge on any atom is -0.493 e. The topological polar surface area (TPSA) is 30.9 Å². The van der Waals surface area contributed by atoms with E-state index < -0.39 is 16.6 Å². The van der Waals surface area contributed by atoms with E-state index in [1.165, 1.54) is 25.6 Å². The highest BCUT2D eigenvalue weighted by Gasteiger charge is 2.51. The molecule has 0 unspecified atom stereocenters. The van der Waals surface area contributed by atoms with E-state index in [0.29, 0.717) is 19.8 Å². The maximum Gasteiger partial charge on any atom is 0.261 e. The van der Waals surface area contributed by atoms with Crippen molar-refractivity contribution in [2.45, 2.75) is 64.5 Å². The van der Waals surface area contributed by atoms with Gasteiger partial charge in [-0.3, -0.25) is 0 Å². The molecular formula is C51H61NO3SSi2. The van der Waals surface area contributed by atoms with Crippen LogP contribution in [0.5, 0.6) is 5.75 Å². The summed E-state index contributed by atoms with van der Waals surface area (Å²) >= 11 is 1.74. The zero-order valence-corrected chi connectivity index (χ0v) is 38.3. The number of ether oxygens (including phenoxy) is 1. The van der Waals surface area contributed by atoms with E-state index >= 15 is 0 Å². The molecule has 0 bridgehead atoms. The number of benzene rings is 5. The van der Waals surface area contributed by atoms with Crippen molar-refractivity contribution in [3.05, 3.63) is 167 Å². The van der Waals surface area contributed by atoms with Gasteiger partial charge in [-0.1, -0.05) is 169 Å². The molecule has 302 valence electrons. The van der Waals surface area contributed by atoms with Crippen LogP contribution in [0.1, 0.15) is 64.8 Å². The lowest BCUT2D eigenvalue weighted by Gasteiger charge is -2.43. The lowest BCUT2D eigenvalue weighted by molar-refractivity contribution is 0.257. The molecule has 1 heterocycles. The van der Waals surface area contributed by atoms with E-state index in [-0.39, 0.29) is 10.1 Å². The summed E-state index contributed by atoms with van der Waals surface area (Å²) in [5.74, 6) is 0.887. The van der Waals surface area contributed by atoms with Crippen LogP contribution in [0.4, 0.5) is 5.69 Å². The fourth-order valence-corrected chi connectivity index (χ4v) is 18.0. The average Bonchev–Trinajstić information content (AvgIpc) is 3.76. The van der Waals surface area contributed by atoms with Crippen LogP contribution in [0.2, 0.25) is 10.1 Å². The van der Waals surface area contributed by atoms with Crippen molar-refractivity contribution in [2.75, 3.05) is 38.3 Å². The predicted octanol–water partition coefficient (Wildman–Crippen LogP) is 10.7. The highest BCUT2D eigenvalue weighted by Crippen LogP contribution is 2.38. The summed E-state index contributed by atoms with van der Waals surface area (Å²) in [5.41, 5.74) is 2.17. The number of unbranched alkanes of at least 4 members (excludes halogenated alkanes) is 1. The Morgan fingerprint density at radius 3 is 1.45 bits per heavy atom. The molecule has 4 nitrogen and oxygen atoms in total. The predicted molar refractivity (Wildman–Crippen MR) is 255 cm³/mol. The summed E-state index contributed by atoms with van der Waals surface area (Å²) in [6.07, 6.45) is 6.14. The number of hydrogen-bond donors (Lipinski definition) is 0. The molecule has 0 aliphatic rings. The second-order valence-corrected chi connectivity index (χ2v) is 26.7. The Morgan fingerprint density at radius 2 is 1.00 bits per heavy atom. The van der Waals surface area contributed by atoms with Crippen LogP contribution in [-0.2, 0) is 8.85 Å². The zero-order valence-electron chi connectivity index (χ0n) is 35.5. The van der Waals surface area contributed by atoms with Crippen LogP contribution in [0.25, 0.3) is 12.2 Å². The number of likely N-dealkylation sites (N-methyl/N-ethyl adjacent to an activating group) is 1. The van der Waals surface area contributed by atoms with E-state index in [9.17, 15) is 0 Å². The molecule has 0 saturated heterocycles. The average molecular weight is 824 g/mol. The largest absolute Gasteiger partial charge is 0.493 e. The first-order valence-corrected chi connectivity index (χ1v) is 25.3. The molecule has 0 spiro atoms. The second-order valence-electron chi connectivity index (χ2n) is 17.1. The minimum atomic E-state index is -2.63. The first kappa shape index (κ1) is 43.1. The number of hydrogen-bond acceptors (Lipinski definition) is 5. The Hall–Kier alpha value is -4.51. The minimum absolute atomic E-state index is 0.0486. The van der Waals surface area contributed by atoms with Crippen LogP contribution in [0, 0.1) is 0 Å². The number of anilines is 1. The van der Waals surface area contributed by atoms with Crippen molar-refractivity contribution in [1.82, 2.24) is 0 Å². The quantitative estimate of drug-likeness (QED) is 0.0638. The van der Waals surface area contributed by atoms with Gasteiger partial charge in [-0.15, -0.1) is 11.3 Å². The van der Waals surface area contributed by atoms with Gasteiger partial charge in [-0.05, 0) is 79.4 Å². The molecule has 0 aliphatic heterocycles. The summed E-state index contributed by atoms with van der Waals surface area (Å²) in [5, 5.41) is 7.20. The van der Waals surface area contributed by atoms with E-state index in [0.717, 1.165) is 36.4 Å². The molecule has 0 N–H and O–H groups in total. The number of rotatable bonds is 18. The van der Waals surface area contributed by atoms with Crippen LogP contribution >= 0.6 is 11.3 Å². The highest BCUT2D eigenvalue weighted by molar-refractivity contribution is 7.10. The van der Waals surface area contributed by atoms with Crippen molar-refractivity contribution in [1.29, 1.82) is 0 Å². The molecule has 6 rings (SSSR count). The molecule has 0 atom stereocenters. The van der Waals surface area contributed by atoms with Gasteiger partial charge in [0.1, 0.15) is 5.75 Å². The molecule has 6 aromatic rings. The lowest BCUT2D eigenvalue weighted by atomic mass is 10.1. The standard InChI is InChI=1S/C51H61NO3SSi2/c1-50(2,3)57(45-24-12-8-13-25-45,46-26-14-9-15-27-46)54-38-21-20-37-53-49-41-43(34-32-42(49)33-35-44-23-22-40-56-44)52(7)36-39-55-58(51(4,5)6,47-28-16-10-17-29-47)48-30-18-11-19-31-48/h8-19,22-35,40-41H,20-21,36-39H2,1-7H3. The zero-order chi connectivity index (χ0) is 41.1. The fraction of sp³-hybridized carbons (Fsp3) is 0.294. The Morgan fingerprint density at radius 1 is 0.534 bits per heavy atom. The number of nitrogens with zero attached hydrogens (tertiary/aromatic N) is 1. The molecule has 0 aliphatic carbocycles. The van der Waals surface area contributed by atoms with Crippen molar-refractivity contribution in [3.63, 3.8) is 0 Å². The van der Waals surface area contributed by atoms with Crippen LogP contribution in [0.3, 0.4) is 0 Å². The van der Waals surface area contributed by atoms with E-state index in [2.05, 4.69) is 223 Å². The third-order valence-corrected chi connectivity index (χ3v) is 22.0. The maximum atomic E-state index is 7.24. The molecule has 0 fully saturated rings. The molecule has 0 amide bonds. The Balaban J connectivity index is 1.16. The summed E-state index contributed by atoms with van der Waals surface area (Å²) in [6.45, 7) is 16.6. The van der Waals surface area contributed by atoms with Crippen molar-refractivity contribution in [3.8, 4) is 5.75 Å². The Bertz CT molecular complexity index is 2070. The maximum absolute atomic E-state index is 7.24. The fourth-order valence-electron chi connectivity index (χ4n) is 8.18. The monoisotopic (exact) mass is 823 g/mol. The van der Waals surface area contributed by atoms with Gasteiger partial charge in [0, 0.05) is 42.4 Å². The molecule has 58 heavy (non-hydrogen) atoms. The normalized spacial score (nSPS) is 12.5. The van der Waals surface area contributed by atoms with E-state index in [1.807, 2.05) is 0 Å². The molecular weight excluding hydrogens is 763 g/mol. The highest BCUT2D eigenvalue weighted by atomic mass is 32.1. The van der Waals surface area contributed by atoms with Gasteiger partial charge in [0.2, 0.25) is 0 Å². The van der Waals surface area contributed by atoms with Crippen molar-refractivity contribution >= 4 is 66.6 Å². The summed E-state index contributed by atoms with van der Waals surface area (Å²) in [6, 6.07) is 54.3. The van der Waals surface area contributed by atoms with Crippen molar-refractivity contribution in [2.24, 2.45) is 0 Å². The second kappa shape index (κ2) is 19.5. The van der Waals surface area contributed by atoms with Crippen LogP contribution < -0.4 is 30.4 Å². The van der Waals surface area contributed by atoms with Gasteiger partial charge in [0.25, 0.3) is 16.6 Å².